The van der Waals surface area contributed by atoms with E-state index in [9.17, 15) is 10.5 Å². The number of hydrogen-bond acceptors (Lipinski definition) is 2. The van der Waals surface area contributed by atoms with Crippen molar-refractivity contribution in [1.82, 2.24) is 13.7 Å². The predicted octanol–water partition coefficient (Wildman–Crippen LogP) is 12.4. The molecule has 0 fully saturated rings. The molecule has 0 amide bonds. The first-order valence-electron chi connectivity index (χ1n) is 18.3. The Hall–Kier alpha value is -7.86. The number of aromatic nitrogens is 3. The third kappa shape index (κ3) is 4.39. The summed E-state index contributed by atoms with van der Waals surface area (Å²) < 4.78 is 7.01. The molecule has 3 heterocycles. The van der Waals surface area contributed by atoms with Gasteiger partial charge in [-0.15, -0.1) is 0 Å². The summed E-state index contributed by atoms with van der Waals surface area (Å²) in [7, 11) is 0. The fraction of sp³-hybridized carbons (Fsp3) is 0. The van der Waals surface area contributed by atoms with Crippen LogP contribution in [0.15, 0.2) is 176 Å². The Morgan fingerprint density at radius 1 is 0.364 bits per heavy atom. The Labute approximate surface area is 316 Å². The van der Waals surface area contributed by atoms with Crippen LogP contribution < -0.4 is 0 Å². The molecule has 0 aliphatic carbocycles. The summed E-state index contributed by atoms with van der Waals surface area (Å²) in [5.41, 5.74) is 12.5. The number of nitrogens with zero attached hydrogens (tertiary/aromatic N) is 5. The summed E-state index contributed by atoms with van der Waals surface area (Å²) in [6, 6.07) is 65.9. The van der Waals surface area contributed by atoms with Crippen LogP contribution in [-0.4, -0.2) is 13.7 Å². The van der Waals surface area contributed by atoms with E-state index in [1.807, 2.05) is 42.5 Å². The fourth-order valence-electron chi connectivity index (χ4n) is 8.86. The standard InChI is InChI=1S/C50H29N5/c51-30-32-26-27-46-41(28-32)39-18-4-8-23-45(39)54(46)47-24-10-13-34(31-52)49(47)33-12-9-14-35(29-33)53-42-20-5-3-17-38(42)40-19-11-25-48(50(40)53)55-43-21-6-1-15-36(43)37-16-2-7-22-44(37)55/h1-29H. The van der Waals surface area contributed by atoms with E-state index < -0.39 is 0 Å². The van der Waals surface area contributed by atoms with Crippen LogP contribution in [0, 0.1) is 22.7 Å². The maximum atomic E-state index is 10.6. The van der Waals surface area contributed by atoms with Gasteiger partial charge in [-0.25, -0.2) is 0 Å². The van der Waals surface area contributed by atoms with Gasteiger partial charge in [0.2, 0.25) is 0 Å². The topological polar surface area (TPSA) is 62.4 Å². The first-order valence-corrected chi connectivity index (χ1v) is 18.3. The van der Waals surface area contributed by atoms with Gasteiger partial charge in [-0.1, -0.05) is 103 Å². The van der Waals surface area contributed by atoms with Crippen molar-refractivity contribution < 1.29 is 0 Å². The monoisotopic (exact) mass is 699 g/mol. The number of benzene rings is 8. The Balaban J connectivity index is 1.21. The molecule has 0 N–H and O–H groups in total. The van der Waals surface area contributed by atoms with E-state index in [1.165, 1.54) is 21.5 Å². The molecule has 0 aliphatic rings. The number of hydrogen-bond donors (Lipinski definition) is 0. The van der Waals surface area contributed by atoms with Gasteiger partial charge in [0, 0.05) is 43.6 Å². The first-order chi connectivity index (χ1) is 27.2. The zero-order valence-corrected chi connectivity index (χ0v) is 29.5. The smallest absolute Gasteiger partial charge is 0.0998 e. The molecule has 11 aromatic rings. The maximum absolute atomic E-state index is 10.6. The molecule has 254 valence electrons. The quantitative estimate of drug-likeness (QED) is 0.184. The molecule has 3 aromatic heterocycles. The van der Waals surface area contributed by atoms with Gasteiger partial charge in [-0.2, -0.15) is 10.5 Å². The summed E-state index contributed by atoms with van der Waals surface area (Å²) >= 11 is 0. The minimum atomic E-state index is 0.586. The molecule has 0 atom stereocenters. The minimum Gasteiger partial charge on any atom is -0.309 e. The normalized spacial score (nSPS) is 11.6. The summed E-state index contributed by atoms with van der Waals surface area (Å²) in [5, 5.41) is 27.2. The molecule has 0 saturated carbocycles. The maximum Gasteiger partial charge on any atom is 0.0998 e. The van der Waals surface area contributed by atoms with E-state index in [0.717, 1.165) is 72.1 Å². The molecule has 55 heavy (non-hydrogen) atoms. The van der Waals surface area contributed by atoms with Gasteiger partial charge in [0.05, 0.1) is 67.7 Å². The van der Waals surface area contributed by atoms with Gasteiger partial charge < -0.3 is 13.7 Å². The van der Waals surface area contributed by atoms with Gasteiger partial charge >= 0.3 is 0 Å². The fourth-order valence-corrected chi connectivity index (χ4v) is 8.86. The van der Waals surface area contributed by atoms with Crippen molar-refractivity contribution in [1.29, 1.82) is 10.5 Å². The molecular weight excluding hydrogens is 671 g/mol. The summed E-state index contributed by atoms with van der Waals surface area (Å²) in [6.07, 6.45) is 0. The Morgan fingerprint density at radius 3 is 1.53 bits per heavy atom. The van der Waals surface area contributed by atoms with Gasteiger partial charge in [0.15, 0.2) is 0 Å². The molecule has 0 bridgehead atoms. The van der Waals surface area contributed by atoms with Crippen LogP contribution in [0.4, 0.5) is 0 Å². The third-order valence-corrected chi connectivity index (χ3v) is 11.1. The Morgan fingerprint density at radius 2 is 0.873 bits per heavy atom. The lowest BCUT2D eigenvalue weighted by atomic mass is 9.97. The van der Waals surface area contributed by atoms with E-state index in [2.05, 4.69) is 159 Å². The summed E-state index contributed by atoms with van der Waals surface area (Å²) in [5.74, 6) is 0. The van der Waals surface area contributed by atoms with Crippen molar-refractivity contribution in [3.8, 4) is 40.3 Å². The second kappa shape index (κ2) is 11.8. The third-order valence-electron chi connectivity index (χ3n) is 11.1. The molecule has 5 nitrogen and oxygen atoms in total. The van der Waals surface area contributed by atoms with Crippen LogP contribution in [-0.2, 0) is 0 Å². The average molecular weight is 700 g/mol. The van der Waals surface area contributed by atoms with Crippen molar-refractivity contribution in [3.63, 3.8) is 0 Å². The number of para-hydroxylation sites is 5. The molecule has 0 aliphatic heterocycles. The first kappa shape index (κ1) is 30.7. The largest absolute Gasteiger partial charge is 0.309 e. The lowest BCUT2D eigenvalue weighted by Crippen LogP contribution is -2.02. The minimum absolute atomic E-state index is 0.586. The molecule has 0 saturated heterocycles. The molecule has 0 spiro atoms. The van der Waals surface area contributed by atoms with Crippen molar-refractivity contribution in [2.75, 3.05) is 0 Å². The van der Waals surface area contributed by atoms with E-state index in [0.29, 0.717) is 11.1 Å². The lowest BCUT2D eigenvalue weighted by Gasteiger charge is -2.18. The van der Waals surface area contributed by atoms with Crippen LogP contribution in [0.1, 0.15) is 11.1 Å². The van der Waals surface area contributed by atoms with E-state index in [1.54, 1.807) is 0 Å². The highest BCUT2D eigenvalue weighted by molar-refractivity contribution is 6.15. The molecule has 0 radical (unpaired) electrons. The summed E-state index contributed by atoms with van der Waals surface area (Å²) in [6.45, 7) is 0. The van der Waals surface area contributed by atoms with Crippen molar-refractivity contribution in [2.45, 2.75) is 0 Å². The van der Waals surface area contributed by atoms with E-state index in [-0.39, 0.29) is 0 Å². The highest BCUT2D eigenvalue weighted by atomic mass is 15.1. The van der Waals surface area contributed by atoms with Gasteiger partial charge in [-0.05, 0) is 78.4 Å². The SMILES string of the molecule is N#Cc1ccc2c(c1)c1ccccc1n2-c1cccc(C#N)c1-c1cccc(-n2c3ccccc3c3cccc(-n4c5ccccc5c5ccccc54)c32)c1. The van der Waals surface area contributed by atoms with Crippen LogP contribution in [0.5, 0.6) is 0 Å². The zero-order chi connectivity index (χ0) is 36.6. The van der Waals surface area contributed by atoms with Gasteiger partial charge in [0.1, 0.15) is 0 Å². The van der Waals surface area contributed by atoms with E-state index >= 15 is 0 Å². The van der Waals surface area contributed by atoms with Crippen molar-refractivity contribution in [3.05, 3.63) is 187 Å². The molecule has 0 unspecified atom stereocenters. The second-order valence-corrected chi connectivity index (χ2v) is 14.0. The summed E-state index contributed by atoms with van der Waals surface area (Å²) in [4.78, 5) is 0. The number of rotatable bonds is 4. The lowest BCUT2D eigenvalue weighted by molar-refractivity contribution is 1.13. The number of nitriles is 2. The Kier molecular flexibility index (Phi) is 6.61. The van der Waals surface area contributed by atoms with Crippen LogP contribution in [0.3, 0.4) is 0 Å². The average Bonchev–Trinajstić information content (AvgIpc) is 3.89. The molecule has 11 rings (SSSR count). The predicted molar refractivity (Wildman–Crippen MR) is 224 cm³/mol. The highest BCUT2D eigenvalue weighted by Crippen LogP contribution is 2.42. The molecule has 5 heteroatoms. The number of fused-ring (bicyclic) bond motifs is 9. The van der Waals surface area contributed by atoms with Gasteiger partial charge in [-0.3, -0.25) is 0 Å². The van der Waals surface area contributed by atoms with Crippen LogP contribution >= 0.6 is 0 Å². The van der Waals surface area contributed by atoms with Crippen LogP contribution in [0.25, 0.3) is 93.6 Å². The molecular formula is C50H29N5. The second-order valence-electron chi connectivity index (χ2n) is 14.0. The van der Waals surface area contributed by atoms with E-state index in [4.69, 9.17) is 0 Å². The van der Waals surface area contributed by atoms with Crippen molar-refractivity contribution in [2.24, 2.45) is 0 Å². The highest BCUT2D eigenvalue weighted by Gasteiger charge is 2.22. The molecule has 8 aromatic carbocycles. The Bertz CT molecular complexity index is 3420. The van der Waals surface area contributed by atoms with Crippen LogP contribution in [0.2, 0.25) is 0 Å². The van der Waals surface area contributed by atoms with Crippen molar-refractivity contribution >= 4 is 65.4 Å². The zero-order valence-electron chi connectivity index (χ0n) is 29.5. The van der Waals surface area contributed by atoms with Gasteiger partial charge in [0.25, 0.3) is 0 Å².